The predicted octanol–water partition coefficient (Wildman–Crippen LogP) is 1.78. The predicted molar refractivity (Wildman–Crippen MR) is 59.5 cm³/mol. The molecule has 1 rings (SSSR count). The zero-order valence-electron chi connectivity index (χ0n) is 9.69. The van der Waals surface area contributed by atoms with Crippen molar-refractivity contribution in [1.29, 1.82) is 0 Å². The van der Waals surface area contributed by atoms with Crippen molar-refractivity contribution in [3.05, 3.63) is 12.2 Å². The van der Waals surface area contributed by atoms with Crippen LogP contribution in [0.5, 0.6) is 0 Å². The first-order valence-corrected chi connectivity index (χ1v) is 5.82. The van der Waals surface area contributed by atoms with E-state index in [1.54, 1.807) is 6.33 Å². The lowest BCUT2D eigenvalue weighted by molar-refractivity contribution is 0.157. The number of hydrogen-bond acceptors (Lipinski definition) is 3. The zero-order chi connectivity index (χ0) is 11.1. The van der Waals surface area contributed by atoms with Gasteiger partial charge in [-0.3, -0.25) is 4.68 Å². The van der Waals surface area contributed by atoms with Gasteiger partial charge < -0.3 is 5.11 Å². The number of hydrogen-bond donors (Lipinski definition) is 1. The first-order valence-electron chi connectivity index (χ1n) is 5.82. The Balaban J connectivity index is 2.44. The summed E-state index contributed by atoms with van der Waals surface area (Å²) in [6.45, 7) is 5.13. The summed E-state index contributed by atoms with van der Waals surface area (Å²) >= 11 is 0. The fourth-order valence-corrected chi connectivity index (χ4v) is 1.60. The first kappa shape index (κ1) is 12.2. The Kier molecular flexibility index (Phi) is 5.32. The van der Waals surface area contributed by atoms with Gasteiger partial charge in [-0.25, -0.2) is 4.98 Å². The largest absolute Gasteiger partial charge is 0.393 e. The van der Waals surface area contributed by atoms with Crippen LogP contribution in [0.1, 0.15) is 45.4 Å². The number of aromatic nitrogens is 3. The molecule has 1 heterocycles. The summed E-state index contributed by atoms with van der Waals surface area (Å²) in [6, 6.07) is 0. The minimum absolute atomic E-state index is 0.273. The number of unbranched alkanes of at least 4 members (excludes halogenated alkanes) is 1. The number of aliphatic hydroxyl groups is 1. The highest BCUT2D eigenvalue weighted by atomic mass is 16.3. The van der Waals surface area contributed by atoms with Crippen molar-refractivity contribution in [1.82, 2.24) is 14.8 Å². The van der Waals surface area contributed by atoms with Crippen LogP contribution in [-0.4, -0.2) is 26.0 Å². The van der Waals surface area contributed by atoms with Gasteiger partial charge in [0.25, 0.3) is 0 Å². The molecule has 15 heavy (non-hydrogen) atoms. The second kappa shape index (κ2) is 6.56. The third-order valence-corrected chi connectivity index (χ3v) is 2.44. The Hall–Kier alpha value is -0.900. The van der Waals surface area contributed by atoms with Crippen molar-refractivity contribution in [2.24, 2.45) is 0 Å². The monoisotopic (exact) mass is 211 g/mol. The molecule has 0 aromatic carbocycles. The molecule has 0 amide bonds. The van der Waals surface area contributed by atoms with Crippen molar-refractivity contribution in [2.45, 2.75) is 58.6 Å². The summed E-state index contributed by atoms with van der Waals surface area (Å²) in [5.74, 6) is 0.903. The van der Waals surface area contributed by atoms with Gasteiger partial charge in [0.2, 0.25) is 0 Å². The fraction of sp³-hybridized carbons (Fsp3) is 0.818. The maximum Gasteiger partial charge on any atom is 0.138 e. The van der Waals surface area contributed by atoms with Gasteiger partial charge in [-0.2, -0.15) is 5.10 Å². The van der Waals surface area contributed by atoms with E-state index in [-0.39, 0.29) is 6.10 Å². The van der Waals surface area contributed by atoms with Crippen LogP contribution in [0.3, 0.4) is 0 Å². The lowest BCUT2D eigenvalue weighted by Gasteiger charge is -2.10. The summed E-state index contributed by atoms with van der Waals surface area (Å²) in [5.41, 5.74) is 0. The van der Waals surface area contributed by atoms with Gasteiger partial charge in [0.1, 0.15) is 12.2 Å². The third kappa shape index (κ3) is 4.00. The molecule has 0 aliphatic heterocycles. The number of nitrogens with zero attached hydrogens (tertiary/aromatic N) is 3. The second-order valence-corrected chi connectivity index (χ2v) is 3.90. The standard InChI is InChI=1S/C11H21N3O/c1-3-5-6-10(15)8-11-12-9-13-14(11)7-4-2/h9-10,15H,3-8H2,1-2H3. The number of rotatable bonds is 7. The van der Waals surface area contributed by atoms with Gasteiger partial charge in [0.05, 0.1) is 6.10 Å². The zero-order valence-corrected chi connectivity index (χ0v) is 9.69. The summed E-state index contributed by atoms with van der Waals surface area (Å²) < 4.78 is 1.88. The number of aryl methyl sites for hydroxylation is 1. The highest BCUT2D eigenvalue weighted by molar-refractivity contribution is 4.87. The summed E-state index contributed by atoms with van der Waals surface area (Å²) in [4.78, 5) is 4.17. The van der Waals surface area contributed by atoms with Crippen LogP contribution in [0, 0.1) is 0 Å². The molecule has 0 aliphatic carbocycles. The third-order valence-electron chi connectivity index (χ3n) is 2.44. The SMILES string of the molecule is CCCCC(O)Cc1ncnn1CCC. The molecule has 1 aromatic heterocycles. The quantitative estimate of drug-likeness (QED) is 0.748. The molecule has 0 saturated heterocycles. The number of aliphatic hydroxyl groups excluding tert-OH is 1. The van der Waals surface area contributed by atoms with Gasteiger partial charge in [0.15, 0.2) is 0 Å². The first-order chi connectivity index (χ1) is 7.27. The molecule has 1 atom stereocenters. The van der Waals surface area contributed by atoms with E-state index >= 15 is 0 Å². The van der Waals surface area contributed by atoms with Gasteiger partial charge >= 0.3 is 0 Å². The molecule has 0 radical (unpaired) electrons. The molecule has 1 unspecified atom stereocenters. The van der Waals surface area contributed by atoms with E-state index < -0.39 is 0 Å². The van der Waals surface area contributed by atoms with Gasteiger partial charge in [0, 0.05) is 13.0 Å². The Labute approximate surface area is 91.3 Å². The average Bonchev–Trinajstić information content (AvgIpc) is 2.63. The summed E-state index contributed by atoms with van der Waals surface area (Å²) in [7, 11) is 0. The lowest BCUT2D eigenvalue weighted by Crippen LogP contribution is -2.15. The molecule has 0 saturated carbocycles. The summed E-state index contributed by atoms with van der Waals surface area (Å²) in [6.07, 6.45) is 6.01. The van der Waals surface area contributed by atoms with E-state index in [0.29, 0.717) is 6.42 Å². The lowest BCUT2D eigenvalue weighted by atomic mass is 10.1. The van der Waals surface area contributed by atoms with Crippen LogP contribution in [0.4, 0.5) is 0 Å². The van der Waals surface area contributed by atoms with E-state index in [1.165, 1.54) is 0 Å². The van der Waals surface area contributed by atoms with Crippen molar-refractivity contribution in [2.75, 3.05) is 0 Å². The Morgan fingerprint density at radius 2 is 2.20 bits per heavy atom. The van der Waals surface area contributed by atoms with E-state index in [9.17, 15) is 5.11 Å². The average molecular weight is 211 g/mol. The minimum Gasteiger partial charge on any atom is -0.393 e. The highest BCUT2D eigenvalue weighted by Gasteiger charge is 2.10. The van der Waals surface area contributed by atoms with Crippen molar-refractivity contribution in [3.63, 3.8) is 0 Å². The van der Waals surface area contributed by atoms with Crippen LogP contribution in [0.15, 0.2) is 6.33 Å². The van der Waals surface area contributed by atoms with Crippen molar-refractivity contribution < 1.29 is 5.11 Å². The van der Waals surface area contributed by atoms with Crippen LogP contribution in [0.2, 0.25) is 0 Å². The van der Waals surface area contributed by atoms with Crippen LogP contribution in [0.25, 0.3) is 0 Å². The molecule has 0 aliphatic rings. The van der Waals surface area contributed by atoms with E-state index in [1.807, 2.05) is 4.68 Å². The van der Waals surface area contributed by atoms with Crippen molar-refractivity contribution in [3.8, 4) is 0 Å². The molecule has 0 spiro atoms. The van der Waals surface area contributed by atoms with Gasteiger partial charge in [-0.1, -0.05) is 26.7 Å². The Morgan fingerprint density at radius 3 is 2.87 bits per heavy atom. The van der Waals surface area contributed by atoms with Crippen LogP contribution in [-0.2, 0) is 13.0 Å². The molecule has 86 valence electrons. The Bertz CT molecular complexity index is 273. The molecule has 4 nitrogen and oxygen atoms in total. The highest BCUT2D eigenvalue weighted by Crippen LogP contribution is 2.06. The smallest absolute Gasteiger partial charge is 0.138 e. The van der Waals surface area contributed by atoms with Crippen LogP contribution >= 0.6 is 0 Å². The van der Waals surface area contributed by atoms with Crippen LogP contribution < -0.4 is 0 Å². The van der Waals surface area contributed by atoms with E-state index in [2.05, 4.69) is 23.9 Å². The summed E-state index contributed by atoms with van der Waals surface area (Å²) in [5, 5.41) is 13.9. The molecule has 1 N–H and O–H groups in total. The second-order valence-electron chi connectivity index (χ2n) is 3.90. The fourth-order valence-electron chi connectivity index (χ4n) is 1.60. The minimum atomic E-state index is -0.273. The van der Waals surface area contributed by atoms with Gasteiger partial charge in [-0.15, -0.1) is 0 Å². The molecule has 1 aromatic rings. The van der Waals surface area contributed by atoms with Crippen molar-refractivity contribution >= 4 is 0 Å². The Morgan fingerprint density at radius 1 is 1.40 bits per heavy atom. The topological polar surface area (TPSA) is 50.9 Å². The maximum absolute atomic E-state index is 9.76. The van der Waals surface area contributed by atoms with E-state index in [0.717, 1.165) is 38.1 Å². The maximum atomic E-state index is 9.76. The van der Waals surface area contributed by atoms with E-state index in [4.69, 9.17) is 0 Å². The molecular formula is C11H21N3O. The van der Waals surface area contributed by atoms with Gasteiger partial charge in [-0.05, 0) is 12.8 Å². The molecule has 0 bridgehead atoms. The molecular weight excluding hydrogens is 190 g/mol. The normalized spacial score (nSPS) is 13.0. The molecule has 4 heteroatoms. The molecule has 0 fully saturated rings.